The highest BCUT2D eigenvalue weighted by molar-refractivity contribution is 5.56. The van der Waals surface area contributed by atoms with Gasteiger partial charge in [0.1, 0.15) is 0 Å². The number of carbonyl (C=O) groups excluding carboxylic acids is 1. The number of nitrogens with zero attached hydrogens (tertiary/aromatic N) is 3. The normalized spacial score (nSPS) is 23.1. The molecule has 5 heteroatoms. The van der Waals surface area contributed by atoms with Crippen LogP contribution in [-0.4, -0.2) is 75.2 Å². The van der Waals surface area contributed by atoms with Crippen molar-refractivity contribution in [3.63, 3.8) is 0 Å². The lowest BCUT2D eigenvalue weighted by atomic mass is 9.77. The molecule has 5 nitrogen and oxygen atoms in total. The van der Waals surface area contributed by atoms with Crippen LogP contribution >= 0.6 is 0 Å². The number of piperazine rings is 1. The zero-order valence-corrected chi connectivity index (χ0v) is 17.2. The van der Waals surface area contributed by atoms with E-state index in [1.807, 2.05) is 4.90 Å². The zero-order chi connectivity index (χ0) is 19.2. The van der Waals surface area contributed by atoms with Gasteiger partial charge in [-0.15, -0.1) is 0 Å². The van der Waals surface area contributed by atoms with Gasteiger partial charge in [0.25, 0.3) is 0 Å². The first-order valence-electron chi connectivity index (χ1n) is 10.4. The van der Waals surface area contributed by atoms with Gasteiger partial charge in [-0.25, -0.2) is 0 Å². The number of rotatable bonds is 9. The summed E-state index contributed by atoms with van der Waals surface area (Å²) in [7, 11) is 1.69. The molecule has 0 spiro atoms. The van der Waals surface area contributed by atoms with Crippen molar-refractivity contribution in [3.8, 4) is 0 Å². The predicted molar refractivity (Wildman–Crippen MR) is 110 cm³/mol. The summed E-state index contributed by atoms with van der Waals surface area (Å²) in [5.41, 5.74) is 4.20. The van der Waals surface area contributed by atoms with Gasteiger partial charge in [-0.3, -0.25) is 9.69 Å². The van der Waals surface area contributed by atoms with E-state index in [9.17, 15) is 4.79 Å². The Morgan fingerprint density at radius 3 is 2.59 bits per heavy atom. The maximum Gasteiger partial charge on any atom is 0.210 e. The maximum absolute atomic E-state index is 11.2. The quantitative estimate of drug-likeness (QED) is 0.624. The average Bonchev–Trinajstić information content (AvgIpc) is 2.65. The molecule has 27 heavy (non-hydrogen) atoms. The van der Waals surface area contributed by atoms with Gasteiger partial charge in [0.15, 0.2) is 0 Å². The maximum atomic E-state index is 11.2. The zero-order valence-electron chi connectivity index (χ0n) is 17.2. The van der Waals surface area contributed by atoms with E-state index in [4.69, 9.17) is 4.74 Å². The molecule has 0 aromatic heterocycles. The molecule has 150 valence electrons. The van der Waals surface area contributed by atoms with E-state index in [0.29, 0.717) is 12.6 Å². The summed E-state index contributed by atoms with van der Waals surface area (Å²) in [4.78, 5) is 18.3. The van der Waals surface area contributed by atoms with Crippen molar-refractivity contribution in [3.05, 3.63) is 29.3 Å². The summed E-state index contributed by atoms with van der Waals surface area (Å²) in [6.45, 7) is 11.5. The highest BCUT2D eigenvalue weighted by Gasteiger charge is 2.33. The van der Waals surface area contributed by atoms with Crippen LogP contribution in [0.2, 0.25) is 0 Å². The summed E-state index contributed by atoms with van der Waals surface area (Å²) in [5, 5.41) is 0. The SMILES string of the molecule is COCCN(C=O)C1CC(CCN2CCN(c3cccc(C)c3C)CC2)C1. The standard InChI is InChI=1S/C22H35N3O2/c1-18-5-4-6-22(19(18)2)24-11-9-23(10-12-24)8-7-20-15-21(16-20)25(17-26)13-14-27-3/h4-6,17,20-21H,7-16H2,1-3H3. The molecule has 1 aliphatic carbocycles. The van der Waals surface area contributed by atoms with Crippen LogP contribution in [0.5, 0.6) is 0 Å². The second kappa shape index (κ2) is 9.56. The molecule has 2 aliphatic rings. The monoisotopic (exact) mass is 373 g/mol. The first-order chi connectivity index (χ1) is 13.1. The van der Waals surface area contributed by atoms with Crippen molar-refractivity contribution < 1.29 is 9.53 Å². The molecular formula is C22H35N3O2. The van der Waals surface area contributed by atoms with Gasteiger partial charge >= 0.3 is 0 Å². The summed E-state index contributed by atoms with van der Waals surface area (Å²) < 4.78 is 5.09. The molecule has 0 atom stereocenters. The van der Waals surface area contributed by atoms with Crippen LogP contribution in [0.25, 0.3) is 0 Å². The van der Waals surface area contributed by atoms with E-state index in [1.165, 1.54) is 29.8 Å². The molecule has 0 bridgehead atoms. The smallest absolute Gasteiger partial charge is 0.210 e. The van der Waals surface area contributed by atoms with Crippen molar-refractivity contribution in [2.24, 2.45) is 5.92 Å². The number of methoxy groups -OCH3 is 1. The fourth-order valence-corrected chi connectivity index (χ4v) is 4.38. The van der Waals surface area contributed by atoms with E-state index in [1.54, 1.807) is 7.11 Å². The second-order valence-corrected chi connectivity index (χ2v) is 8.16. The van der Waals surface area contributed by atoms with Gasteiger partial charge in [-0.1, -0.05) is 12.1 Å². The van der Waals surface area contributed by atoms with Gasteiger partial charge in [-0.05, 0) is 62.8 Å². The van der Waals surface area contributed by atoms with Crippen LogP contribution in [0.4, 0.5) is 5.69 Å². The Kier molecular flexibility index (Phi) is 7.13. The molecular weight excluding hydrogens is 338 g/mol. The van der Waals surface area contributed by atoms with Gasteiger partial charge in [-0.2, -0.15) is 0 Å². The van der Waals surface area contributed by atoms with Crippen LogP contribution in [0.15, 0.2) is 18.2 Å². The minimum absolute atomic E-state index is 0.434. The van der Waals surface area contributed by atoms with Crippen LogP contribution in [-0.2, 0) is 9.53 Å². The molecule has 1 saturated heterocycles. The molecule has 1 aliphatic heterocycles. The number of ether oxygens (including phenoxy) is 1. The number of hydrogen-bond acceptors (Lipinski definition) is 4. The highest BCUT2D eigenvalue weighted by Crippen LogP contribution is 2.34. The number of carbonyl (C=O) groups is 1. The summed E-state index contributed by atoms with van der Waals surface area (Å²) >= 11 is 0. The van der Waals surface area contributed by atoms with Gasteiger partial charge in [0.2, 0.25) is 6.41 Å². The van der Waals surface area contributed by atoms with Gasteiger partial charge in [0.05, 0.1) is 6.61 Å². The summed E-state index contributed by atoms with van der Waals surface area (Å²) in [6.07, 6.45) is 4.57. The number of benzene rings is 1. The van der Waals surface area contributed by atoms with Gasteiger partial charge < -0.3 is 14.5 Å². The predicted octanol–water partition coefficient (Wildman–Crippen LogP) is 2.70. The van der Waals surface area contributed by atoms with Crippen LogP contribution in [0, 0.1) is 19.8 Å². The number of anilines is 1. The number of aryl methyl sites for hydroxylation is 1. The molecule has 1 aromatic rings. The molecule has 2 fully saturated rings. The molecule has 1 saturated carbocycles. The Morgan fingerprint density at radius 1 is 1.19 bits per heavy atom. The summed E-state index contributed by atoms with van der Waals surface area (Å²) in [5.74, 6) is 0.775. The van der Waals surface area contributed by atoms with Crippen molar-refractivity contribution in [1.29, 1.82) is 0 Å². The average molecular weight is 374 g/mol. The van der Waals surface area contributed by atoms with E-state index in [0.717, 1.165) is 57.9 Å². The molecule has 1 aromatic carbocycles. The molecule has 0 unspecified atom stereocenters. The van der Waals surface area contributed by atoms with E-state index in [2.05, 4.69) is 41.8 Å². The number of hydrogen-bond donors (Lipinski definition) is 0. The lowest BCUT2D eigenvalue weighted by molar-refractivity contribution is -0.123. The summed E-state index contributed by atoms with van der Waals surface area (Å²) in [6, 6.07) is 7.06. The lowest BCUT2D eigenvalue weighted by Gasteiger charge is -2.43. The van der Waals surface area contributed by atoms with Gasteiger partial charge in [0, 0.05) is 51.6 Å². The molecule has 0 radical (unpaired) electrons. The Balaban J connectivity index is 1.36. The molecule has 0 N–H and O–H groups in total. The fourth-order valence-electron chi connectivity index (χ4n) is 4.38. The Bertz CT molecular complexity index is 608. The Labute approximate surface area is 164 Å². The van der Waals surface area contributed by atoms with Crippen molar-refractivity contribution >= 4 is 12.1 Å². The van der Waals surface area contributed by atoms with Crippen LogP contribution in [0.3, 0.4) is 0 Å². The Morgan fingerprint density at radius 2 is 1.93 bits per heavy atom. The minimum atomic E-state index is 0.434. The topological polar surface area (TPSA) is 36.0 Å². The first-order valence-corrected chi connectivity index (χ1v) is 10.4. The van der Waals surface area contributed by atoms with Crippen molar-refractivity contribution in [1.82, 2.24) is 9.80 Å². The third kappa shape index (κ3) is 5.02. The second-order valence-electron chi connectivity index (χ2n) is 8.16. The Hall–Kier alpha value is -1.59. The van der Waals surface area contributed by atoms with Crippen LogP contribution < -0.4 is 4.90 Å². The largest absolute Gasteiger partial charge is 0.383 e. The van der Waals surface area contributed by atoms with E-state index < -0.39 is 0 Å². The fraction of sp³-hybridized carbons (Fsp3) is 0.682. The van der Waals surface area contributed by atoms with Crippen molar-refractivity contribution in [2.45, 2.75) is 39.2 Å². The highest BCUT2D eigenvalue weighted by atomic mass is 16.5. The number of amides is 1. The van der Waals surface area contributed by atoms with E-state index in [-0.39, 0.29) is 0 Å². The third-order valence-corrected chi connectivity index (χ3v) is 6.51. The minimum Gasteiger partial charge on any atom is -0.383 e. The first kappa shape index (κ1) is 20.2. The van der Waals surface area contributed by atoms with Crippen LogP contribution in [0.1, 0.15) is 30.4 Å². The molecule has 3 rings (SSSR count). The molecule has 1 amide bonds. The lowest BCUT2D eigenvalue weighted by Crippen LogP contribution is -2.49. The third-order valence-electron chi connectivity index (χ3n) is 6.51. The molecule has 1 heterocycles. The van der Waals surface area contributed by atoms with E-state index >= 15 is 0 Å². The van der Waals surface area contributed by atoms with Crippen molar-refractivity contribution in [2.75, 3.05) is 57.9 Å².